The average molecular weight is 327 g/mol. The molecule has 1 aliphatic rings. The Kier molecular flexibility index (Phi) is 5.47. The van der Waals surface area contributed by atoms with Crippen molar-refractivity contribution in [2.24, 2.45) is 0 Å². The molecule has 1 fully saturated rings. The van der Waals surface area contributed by atoms with Gasteiger partial charge in [0.2, 0.25) is 10.0 Å². The number of sulfonamides is 1. The average Bonchev–Trinajstić information content (AvgIpc) is 2.45. The lowest BCUT2D eigenvalue weighted by atomic mass is 10.2. The maximum atomic E-state index is 12.8. The van der Waals surface area contributed by atoms with E-state index in [0.717, 1.165) is 17.7 Å². The molecule has 2 rings (SSSR count). The number of ether oxygens (including phenoxy) is 2. The lowest BCUT2D eigenvalue weighted by Crippen LogP contribution is -2.48. The summed E-state index contributed by atoms with van der Waals surface area (Å²) < 4.78 is 38.3. The maximum Gasteiger partial charge on any atom is 0.243 e. The van der Waals surface area contributed by atoms with Gasteiger partial charge in [-0.05, 0) is 51.0 Å². The normalized spacial score (nSPS) is 23.5. The van der Waals surface area contributed by atoms with Crippen molar-refractivity contribution in [1.82, 2.24) is 4.31 Å². The van der Waals surface area contributed by atoms with E-state index in [4.69, 9.17) is 9.47 Å². The van der Waals surface area contributed by atoms with Gasteiger partial charge in [0, 0.05) is 13.1 Å². The standard InChI is InChI=1S/C16H25NO4S/c1-5-8-20-16-7-6-15(9-12(16)2)22(18,19)17-10-13(3)21-14(4)11-17/h6-7,9,13-14H,5,8,10-11H2,1-4H3. The number of nitrogens with zero attached hydrogens (tertiary/aromatic N) is 1. The van der Waals surface area contributed by atoms with E-state index in [0.29, 0.717) is 24.6 Å². The van der Waals surface area contributed by atoms with Gasteiger partial charge in [-0.25, -0.2) is 8.42 Å². The summed E-state index contributed by atoms with van der Waals surface area (Å²) in [4.78, 5) is 0.315. The van der Waals surface area contributed by atoms with Crippen LogP contribution in [0.15, 0.2) is 23.1 Å². The molecule has 2 unspecified atom stereocenters. The summed E-state index contributed by atoms with van der Waals surface area (Å²) in [7, 11) is -3.49. The van der Waals surface area contributed by atoms with Crippen molar-refractivity contribution in [3.8, 4) is 5.75 Å². The molecular formula is C16H25NO4S. The molecule has 0 bridgehead atoms. The first-order chi connectivity index (χ1) is 10.3. The van der Waals surface area contributed by atoms with Crippen LogP contribution in [-0.2, 0) is 14.8 Å². The number of hydrogen-bond donors (Lipinski definition) is 0. The summed E-state index contributed by atoms with van der Waals surface area (Å²) in [5.41, 5.74) is 0.837. The van der Waals surface area contributed by atoms with Crippen LogP contribution in [0.25, 0.3) is 0 Å². The highest BCUT2D eigenvalue weighted by molar-refractivity contribution is 7.89. The minimum atomic E-state index is -3.49. The Morgan fingerprint density at radius 3 is 2.45 bits per heavy atom. The molecule has 0 saturated carbocycles. The summed E-state index contributed by atoms with van der Waals surface area (Å²) in [6.07, 6.45) is 0.738. The smallest absolute Gasteiger partial charge is 0.243 e. The molecule has 1 saturated heterocycles. The number of benzene rings is 1. The zero-order valence-electron chi connectivity index (χ0n) is 13.7. The van der Waals surface area contributed by atoms with Gasteiger partial charge in [0.25, 0.3) is 0 Å². The molecule has 5 nitrogen and oxygen atoms in total. The molecule has 2 atom stereocenters. The summed E-state index contributed by atoms with van der Waals surface area (Å²) in [6, 6.07) is 5.05. The second-order valence-electron chi connectivity index (χ2n) is 5.86. The summed E-state index contributed by atoms with van der Waals surface area (Å²) >= 11 is 0. The first-order valence-electron chi connectivity index (χ1n) is 7.73. The summed E-state index contributed by atoms with van der Waals surface area (Å²) in [6.45, 7) is 9.10. The molecule has 0 spiro atoms. The fourth-order valence-corrected chi connectivity index (χ4v) is 4.31. The third kappa shape index (κ3) is 3.80. The Hall–Kier alpha value is -1.11. The van der Waals surface area contributed by atoms with Gasteiger partial charge < -0.3 is 9.47 Å². The molecule has 0 aliphatic carbocycles. The topological polar surface area (TPSA) is 55.8 Å². The zero-order valence-corrected chi connectivity index (χ0v) is 14.5. The van der Waals surface area contributed by atoms with E-state index in [9.17, 15) is 8.42 Å². The summed E-state index contributed by atoms with van der Waals surface area (Å²) in [5.74, 6) is 0.740. The van der Waals surface area contributed by atoms with Gasteiger partial charge in [-0.2, -0.15) is 4.31 Å². The maximum absolute atomic E-state index is 12.8. The highest BCUT2D eigenvalue weighted by Crippen LogP contribution is 2.26. The molecule has 0 radical (unpaired) electrons. The minimum Gasteiger partial charge on any atom is -0.493 e. The first kappa shape index (κ1) is 17.2. The third-order valence-corrected chi connectivity index (χ3v) is 5.46. The highest BCUT2D eigenvalue weighted by Gasteiger charge is 2.32. The highest BCUT2D eigenvalue weighted by atomic mass is 32.2. The fourth-order valence-electron chi connectivity index (χ4n) is 2.63. The van der Waals surface area contributed by atoms with Crippen LogP contribution in [0.2, 0.25) is 0 Å². The number of aryl methyl sites for hydroxylation is 1. The number of morpholine rings is 1. The second-order valence-corrected chi connectivity index (χ2v) is 7.79. The van der Waals surface area contributed by atoms with E-state index >= 15 is 0 Å². The van der Waals surface area contributed by atoms with E-state index in [1.807, 2.05) is 27.7 Å². The monoisotopic (exact) mass is 327 g/mol. The largest absolute Gasteiger partial charge is 0.493 e. The fraction of sp³-hybridized carbons (Fsp3) is 0.625. The molecule has 124 valence electrons. The van der Waals surface area contributed by atoms with Gasteiger partial charge in [-0.15, -0.1) is 0 Å². The predicted octanol–water partition coefficient (Wildman–Crippen LogP) is 2.58. The van der Waals surface area contributed by atoms with E-state index in [1.165, 1.54) is 4.31 Å². The first-order valence-corrected chi connectivity index (χ1v) is 9.17. The van der Waals surface area contributed by atoms with Crippen LogP contribution in [-0.4, -0.2) is 44.6 Å². The van der Waals surface area contributed by atoms with Crippen molar-refractivity contribution >= 4 is 10.0 Å². The molecule has 22 heavy (non-hydrogen) atoms. The molecule has 0 amide bonds. The van der Waals surface area contributed by atoms with Crippen LogP contribution >= 0.6 is 0 Å². The van der Waals surface area contributed by atoms with E-state index in [1.54, 1.807) is 18.2 Å². The number of rotatable bonds is 5. The molecule has 1 aromatic carbocycles. The van der Waals surface area contributed by atoms with Crippen molar-refractivity contribution in [2.45, 2.75) is 51.2 Å². The quantitative estimate of drug-likeness (QED) is 0.834. The van der Waals surface area contributed by atoms with Gasteiger partial charge in [0.1, 0.15) is 5.75 Å². The van der Waals surface area contributed by atoms with E-state index in [-0.39, 0.29) is 12.2 Å². The van der Waals surface area contributed by atoms with Crippen molar-refractivity contribution in [3.05, 3.63) is 23.8 Å². The van der Waals surface area contributed by atoms with Gasteiger partial charge in [0.05, 0.1) is 23.7 Å². The Bertz CT molecular complexity index is 605. The second kappa shape index (κ2) is 6.98. The summed E-state index contributed by atoms with van der Waals surface area (Å²) in [5, 5.41) is 0. The van der Waals surface area contributed by atoms with Crippen molar-refractivity contribution in [1.29, 1.82) is 0 Å². The molecule has 0 N–H and O–H groups in total. The number of hydrogen-bond acceptors (Lipinski definition) is 4. The van der Waals surface area contributed by atoms with Gasteiger partial charge in [0.15, 0.2) is 0 Å². The van der Waals surface area contributed by atoms with Gasteiger partial charge in [-0.1, -0.05) is 6.92 Å². The zero-order chi connectivity index (χ0) is 16.3. The molecule has 6 heteroatoms. The molecule has 1 heterocycles. The Morgan fingerprint density at radius 2 is 1.91 bits per heavy atom. The van der Waals surface area contributed by atoms with E-state index < -0.39 is 10.0 Å². The third-order valence-electron chi connectivity index (χ3n) is 3.63. The Balaban J connectivity index is 2.24. The van der Waals surface area contributed by atoms with E-state index in [2.05, 4.69) is 0 Å². The lowest BCUT2D eigenvalue weighted by Gasteiger charge is -2.34. The van der Waals surface area contributed by atoms with Crippen LogP contribution in [0.5, 0.6) is 5.75 Å². The SMILES string of the molecule is CCCOc1ccc(S(=O)(=O)N2CC(C)OC(C)C2)cc1C. The van der Waals surface area contributed by atoms with Crippen molar-refractivity contribution in [2.75, 3.05) is 19.7 Å². The van der Waals surface area contributed by atoms with Crippen LogP contribution in [0.3, 0.4) is 0 Å². The van der Waals surface area contributed by atoms with Crippen LogP contribution < -0.4 is 4.74 Å². The van der Waals surface area contributed by atoms with Crippen LogP contribution in [0.4, 0.5) is 0 Å². The molecule has 0 aromatic heterocycles. The van der Waals surface area contributed by atoms with Crippen molar-refractivity contribution < 1.29 is 17.9 Å². The van der Waals surface area contributed by atoms with Gasteiger partial charge in [-0.3, -0.25) is 0 Å². The predicted molar refractivity (Wildman–Crippen MR) is 85.7 cm³/mol. The Labute approximate surface area is 133 Å². The lowest BCUT2D eigenvalue weighted by molar-refractivity contribution is -0.0440. The van der Waals surface area contributed by atoms with Crippen LogP contribution in [0, 0.1) is 6.92 Å². The molecule has 1 aliphatic heterocycles. The van der Waals surface area contributed by atoms with Crippen LogP contribution in [0.1, 0.15) is 32.8 Å². The minimum absolute atomic E-state index is 0.0909. The molecule has 1 aromatic rings. The van der Waals surface area contributed by atoms with Gasteiger partial charge >= 0.3 is 0 Å². The molecular weight excluding hydrogens is 302 g/mol. The van der Waals surface area contributed by atoms with Crippen molar-refractivity contribution in [3.63, 3.8) is 0 Å². The Morgan fingerprint density at radius 1 is 1.27 bits per heavy atom.